The predicted octanol–water partition coefficient (Wildman–Crippen LogP) is 5.00. The van der Waals surface area contributed by atoms with Crippen LogP contribution < -0.4 is 9.64 Å². The number of thiophene rings is 1. The maximum atomic E-state index is 13.3. The van der Waals surface area contributed by atoms with Gasteiger partial charge in [0.15, 0.2) is 11.5 Å². The van der Waals surface area contributed by atoms with Crippen molar-refractivity contribution >= 4 is 28.7 Å². The molecule has 1 aliphatic heterocycles. The fourth-order valence-electron chi connectivity index (χ4n) is 4.07. The Labute approximate surface area is 208 Å². The largest absolute Gasteiger partial charge is 0.503 e. The molecule has 1 aromatic carbocycles. The van der Waals surface area contributed by atoms with Gasteiger partial charge in [0.1, 0.15) is 6.04 Å². The highest BCUT2D eigenvalue weighted by molar-refractivity contribution is 7.15. The van der Waals surface area contributed by atoms with E-state index in [2.05, 4.69) is 17.1 Å². The van der Waals surface area contributed by atoms with Crippen LogP contribution in [0.1, 0.15) is 36.8 Å². The summed E-state index contributed by atoms with van der Waals surface area (Å²) >= 11 is 1.68. The lowest BCUT2D eigenvalue weighted by molar-refractivity contribution is -0.119. The van der Waals surface area contributed by atoms with E-state index in [1.807, 2.05) is 31.2 Å². The lowest BCUT2D eigenvalue weighted by Gasteiger charge is -2.28. The Morgan fingerprint density at radius 1 is 1.17 bits per heavy atom. The number of amides is 1. The maximum Gasteiger partial charge on any atom is 0.294 e. The van der Waals surface area contributed by atoms with Gasteiger partial charge in [-0.25, -0.2) is 4.98 Å². The van der Waals surface area contributed by atoms with E-state index in [0.29, 0.717) is 17.7 Å². The van der Waals surface area contributed by atoms with Crippen LogP contribution in [-0.2, 0) is 9.59 Å². The standard InChI is InChI=1S/C27H28N2O5S/c1-16(2)24(31)22-23(20-6-4-13-28-26(20)34-15-5-14-30)29(27(33)25(22)32)19-10-8-18(9-11-19)21-12-7-17(3)35-21/h4,6-13,16,23,30,32H,5,14-15H2,1-3H3. The van der Waals surface area contributed by atoms with E-state index in [4.69, 9.17) is 9.84 Å². The lowest BCUT2D eigenvalue weighted by atomic mass is 9.91. The molecular weight excluding hydrogens is 464 g/mol. The van der Waals surface area contributed by atoms with E-state index in [1.54, 1.807) is 43.5 Å². The molecule has 1 unspecified atom stereocenters. The zero-order valence-electron chi connectivity index (χ0n) is 19.9. The lowest BCUT2D eigenvalue weighted by Crippen LogP contribution is -2.32. The van der Waals surface area contributed by atoms with Crippen LogP contribution in [0.25, 0.3) is 10.4 Å². The van der Waals surface area contributed by atoms with E-state index in [-0.39, 0.29) is 30.5 Å². The summed E-state index contributed by atoms with van der Waals surface area (Å²) in [6.07, 6.45) is 1.97. The van der Waals surface area contributed by atoms with Crippen LogP contribution in [0.4, 0.5) is 5.69 Å². The molecule has 1 aliphatic rings. The van der Waals surface area contributed by atoms with Gasteiger partial charge in [-0.05, 0) is 48.9 Å². The number of hydrogen-bond donors (Lipinski definition) is 2. The van der Waals surface area contributed by atoms with Gasteiger partial charge in [-0.1, -0.05) is 26.0 Å². The summed E-state index contributed by atoms with van der Waals surface area (Å²) in [7, 11) is 0. The SMILES string of the molecule is Cc1ccc(-c2ccc(N3C(=O)C(O)=C(C(=O)C(C)C)C3c3cccnc3OCCCO)cc2)s1. The number of rotatable bonds is 9. The normalized spacial score (nSPS) is 15.9. The molecule has 0 saturated carbocycles. The summed E-state index contributed by atoms with van der Waals surface area (Å²) in [6.45, 7) is 5.69. The number of nitrogens with zero attached hydrogens (tertiary/aromatic N) is 2. The molecule has 182 valence electrons. The first-order chi connectivity index (χ1) is 16.8. The molecule has 0 spiro atoms. The summed E-state index contributed by atoms with van der Waals surface area (Å²) in [6, 6.07) is 14.1. The number of anilines is 1. The minimum Gasteiger partial charge on any atom is -0.503 e. The van der Waals surface area contributed by atoms with Crippen molar-refractivity contribution in [3.05, 3.63) is 76.5 Å². The second-order valence-corrected chi connectivity index (χ2v) is 9.93. The number of pyridine rings is 1. The summed E-state index contributed by atoms with van der Waals surface area (Å²) in [5.74, 6) is -1.71. The average Bonchev–Trinajstić information content (AvgIpc) is 3.40. The fraction of sp³-hybridized carbons (Fsp3) is 0.296. The highest BCUT2D eigenvalue weighted by Gasteiger charge is 2.46. The van der Waals surface area contributed by atoms with Gasteiger partial charge in [-0.3, -0.25) is 14.5 Å². The first-order valence-electron chi connectivity index (χ1n) is 11.5. The number of ketones is 1. The summed E-state index contributed by atoms with van der Waals surface area (Å²) in [5.41, 5.74) is 2.08. The first kappa shape index (κ1) is 24.6. The van der Waals surface area contributed by atoms with E-state index in [0.717, 1.165) is 10.4 Å². The Kier molecular flexibility index (Phi) is 7.33. The van der Waals surface area contributed by atoms with Gasteiger partial charge < -0.3 is 14.9 Å². The molecule has 7 nitrogen and oxygen atoms in total. The molecule has 4 rings (SSSR count). The minimum atomic E-state index is -0.898. The van der Waals surface area contributed by atoms with Crippen LogP contribution in [0, 0.1) is 12.8 Å². The molecule has 35 heavy (non-hydrogen) atoms. The van der Waals surface area contributed by atoms with Gasteiger partial charge in [0, 0.05) is 46.1 Å². The molecule has 0 aliphatic carbocycles. The number of carbonyl (C=O) groups excluding carboxylic acids is 2. The molecule has 8 heteroatoms. The van der Waals surface area contributed by atoms with Crippen LogP contribution in [0.5, 0.6) is 5.88 Å². The number of aliphatic hydroxyl groups excluding tert-OH is 2. The number of carbonyl (C=O) groups is 2. The number of aromatic nitrogens is 1. The van der Waals surface area contributed by atoms with Gasteiger partial charge in [-0.2, -0.15) is 0 Å². The fourth-order valence-corrected chi connectivity index (χ4v) is 4.94. The number of aliphatic hydroxyl groups is 2. The Morgan fingerprint density at radius 3 is 2.54 bits per heavy atom. The molecule has 2 N–H and O–H groups in total. The average molecular weight is 493 g/mol. The van der Waals surface area contributed by atoms with Crippen molar-refractivity contribution in [1.29, 1.82) is 0 Å². The summed E-state index contributed by atoms with van der Waals surface area (Å²) < 4.78 is 5.79. The van der Waals surface area contributed by atoms with Crippen LogP contribution in [0.15, 0.2) is 66.1 Å². The zero-order chi connectivity index (χ0) is 25.1. The molecule has 0 saturated heterocycles. The summed E-state index contributed by atoms with van der Waals surface area (Å²) in [4.78, 5) is 34.6. The Bertz CT molecular complexity index is 1260. The topological polar surface area (TPSA) is 100.0 Å². The number of hydrogen-bond acceptors (Lipinski definition) is 7. The minimum absolute atomic E-state index is 0.0305. The van der Waals surface area contributed by atoms with Crippen LogP contribution in [-0.4, -0.2) is 40.1 Å². The van der Waals surface area contributed by atoms with Gasteiger partial charge in [0.2, 0.25) is 5.88 Å². The van der Waals surface area contributed by atoms with Gasteiger partial charge >= 0.3 is 0 Å². The molecule has 1 amide bonds. The highest BCUT2D eigenvalue weighted by Crippen LogP contribution is 2.44. The van der Waals surface area contributed by atoms with E-state index in [9.17, 15) is 14.7 Å². The first-order valence-corrected chi connectivity index (χ1v) is 12.3. The number of aryl methyl sites for hydroxylation is 1. The van der Waals surface area contributed by atoms with Crippen molar-refractivity contribution in [3.8, 4) is 16.3 Å². The van der Waals surface area contributed by atoms with Crippen molar-refractivity contribution in [1.82, 2.24) is 4.98 Å². The van der Waals surface area contributed by atoms with Crippen LogP contribution in [0.2, 0.25) is 0 Å². The molecule has 0 fully saturated rings. The second-order valence-electron chi connectivity index (χ2n) is 8.64. The molecule has 0 radical (unpaired) electrons. The van der Waals surface area contributed by atoms with Crippen LogP contribution >= 0.6 is 11.3 Å². The number of Topliss-reactive ketones (excluding diaryl/α,β-unsaturated/α-hetero) is 1. The Balaban J connectivity index is 1.79. The Morgan fingerprint density at radius 2 is 1.91 bits per heavy atom. The monoisotopic (exact) mass is 492 g/mol. The molecule has 3 heterocycles. The van der Waals surface area contributed by atoms with Crippen LogP contribution in [0.3, 0.4) is 0 Å². The second kappa shape index (κ2) is 10.4. The highest BCUT2D eigenvalue weighted by atomic mass is 32.1. The molecule has 3 aromatic rings. The van der Waals surface area contributed by atoms with Crippen molar-refractivity contribution in [2.24, 2.45) is 5.92 Å². The zero-order valence-corrected chi connectivity index (χ0v) is 20.7. The molecule has 1 atom stereocenters. The summed E-state index contributed by atoms with van der Waals surface area (Å²) in [5, 5.41) is 20.0. The quantitative estimate of drug-likeness (QED) is 0.408. The van der Waals surface area contributed by atoms with Crippen molar-refractivity contribution in [2.45, 2.75) is 33.2 Å². The van der Waals surface area contributed by atoms with Gasteiger partial charge in [0.25, 0.3) is 5.91 Å². The van der Waals surface area contributed by atoms with E-state index in [1.165, 1.54) is 9.78 Å². The molecular formula is C27H28N2O5S. The molecule has 0 bridgehead atoms. The number of ether oxygens (including phenoxy) is 1. The smallest absolute Gasteiger partial charge is 0.294 e. The van der Waals surface area contributed by atoms with E-state index < -0.39 is 23.6 Å². The van der Waals surface area contributed by atoms with E-state index >= 15 is 0 Å². The Hall–Kier alpha value is -3.49. The maximum absolute atomic E-state index is 13.3. The molecule has 2 aromatic heterocycles. The van der Waals surface area contributed by atoms with Gasteiger partial charge in [0.05, 0.1) is 12.2 Å². The van der Waals surface area contributed by atoms with Crippen molar-refractivity contribution in [3.63, 3.8) is 0 Å². The third-order valence-electron chi connectivity index (χ3n) is 5.80. The number of benzene rings is 1. The third-order valence-corrected chi connectivity index (χ3v) is 6.85. The van der Waals surface area contributed by atoms with Gasteiger partial charge in [-0.15, -0.1) is 11.3 Å². The third kappa shape index (κ3) is 4.85. The predicted molar refractivity (Wildman–Crippen MR) is 136 cm³/mol. The van der Waals surface area contributed by atoms with Crippen molar-refractivity contribution < 1.29 is 24.5 Å². The van der Waals surface area contributed by atoms with Crippen molar-refractivity contribution in [2.75, 3.05) is 18.1 Å².